The summed E-state index contributed by atoms with van der Waals surface area (Å²) in [5, 5.41) is 3.55. The molecule has 1 aromatic rings. The number of likely N-dealkylation sites (N-methyl/N-ethyl adjacent to an activating group) is 2. The Morgan fingerprint density at radius 2 is 2.14 bits per heavy atom. The van der Waals surface area contributed by atoms with Crippen LogP contribution in [0.5, 0.6) is 0 Å². The minimum absolute atomic E-state index is 0.00944. The van der Waals surface area contributed by atoms with Crippen LogP contribution in [0.3, 0.4) is 0 Å². The summed E-state index contributed by atoms with van der Waals surface area (Å²) in [6.07, 6.45) is 1.04. The summed E-state index contributed by atoms with van der Waals surface area (Å²) in [5.41, 5.74) is 0.755. The fraction of sp³-hybridized carbons (Fsp3) is 0.625. The second kappa shape index (κ2) is 7.68. The molecule has 1 aliphatic rings. The van der Waals surface area contributed by atoms with E-state index in [1.165, 1.54) is 0 Å². The fourth-order valence-corrected chi connectivity index (χ4v) is 3.29. The zero-order valence-electron chi connectivity index (χ0n) is 13.1. The summed E-state index contributed by atoms with van der Waals surface area (Å²) in [6.45, 7) is 6.06. The van der Waals surface area contributed by atoms with Crippen molar-refractivity contribution in [2.45, 2.75) is 25.4 Å². The van der Waals surface area contributed by atoms with E-state index < -0.39 is 0 Å². The first kappa shape index (κ1) is 16.9. The quantitative estimate of drug-likeness (QED) is 0.873. The van der Waals surface area contributed by atoms with Crippen LogP contribution in [0, 0.1) is 5.82 Å². The van der Waals surface area contributed by atoms with Gasteiger partial charge in [0.05, 0.1) is 6.04 Å². The number of nitrogens with zero attached hydrogens (tertiary/aromatic N) is 2. The van der Waals surface area contributed by atoms with Gasteiger partial charge in [-0.25, -0.2) is 4.39 Å². The maximum Gasteiger partial charge on any atom is 0.128 e. The highest BCUT2D eigenvalue weighted by molar-refractivity contribution is 9.10. The zero-order chi connectivity index (χ0) is 15.4. The third-order valence-electron chi connectivity index (χ3n) is 4.19. The molecule has 0 saturated carbocycles. The van der Waals surface area contributed by atoms with E-state index in [-0.39, 0.29) is 17.9 Å². The molecular formula is C16H25BrFN3. The molecule has 0 bridgehead atoms. The van der Waals surface area contributed by atoms with E-state index in [1.54, 1.807) is 12.1 Å². The molecule has 1 aliphatic heterocycles. The predicted molar refractivity (Wildman–Crippen MR) is 89.0 cm³/mol. The minimum atomic E-state index is -0.131. The molecule has 0 aliphatic carbocycles. The van der Waals surface area contributed by atoms with Crippen molar-refractivity contribution in [3.8, 4) is 0 Å². The number of nitrogens with one attached hydrogen (secondary N) is 1. The standard InChI is InChI=1S/C16H25BrFN3/c1-4-7-19-16(13-10-12(17)5-6-14(13)18)15-11-20(2)8-9-21(15)3/h5-6,10,15-16,19H,4,7-9,11H2,1-3H3. The summed E-state index contributed by atoms with van der Waals surface area (Å²) < 4.78 is 15.3. The molecule has 5 heteroatoms. The Morgan fingerprint density at radius 1 is 1.38 bits per heavy atom. The summed E-state index contributed by atoms with van der Waals surface area (Å²) >= 11 is 3.47. The summed E-state index contributed by atoms with van der Waals surface area (Å²) in [6, 6.07) is 5.50. The van der Waals surface area contributed by atoms with E-state index in [0.717, 1.165) is 42.6 Å². The number of hydrogen-bond acceptors (Lipinski definition) is 3. The average molecular weight is 358 g/mol. The Balaban J connectivity index is 2.30. The van der Waals surface area contributed by atoms with Crippen LogP contribution < -0.4 is 5.32 Å². The van der Waals surface area contributed by atoms with Gasteiger partial charge in [-0.05, 0) is 45.3 Å². The number of rotatable bonds is 5. The summed E-state index contributed by atoms with van der Waals surface area (Å²) in [5.74, 6) is -0.131. The van der Waals surface area contributed by atoms with E-state index >= 15 is 0 Å². The Bertz CT molecular complexity index is 469. The third-order valence-corrected chi connectivity index (χ3v) is 4.68. The number of piperazine rings is 1. The van der Waals surface area contributed by atoms with Crippen LogP contribution in [0.15, 0.2) is 22.7 Å². The van der Waals surface area contributed by atoms with Crippen molar-refractivity contribution in [1.82, 2.24) is 15.1 Å². The molecular weight excluding hydrogens is 333 g/mol. The van der Waals surface area contributed by atoms with Crippen LogP contribution in [-0.2, 0) is 0 Å². The smallest absolute Gasteiger partial charge is 0.128 e. The van der Waals surface area contributed by atoms with Gasteiger partial charge in [0.15, 0.2) is 0 Å². The molecule has 118 valence electrons. The molecule has 0 aromatic heterocycles. The Morgan fingerprint density at radius 3 is 2.86 bits per heavy atom. The second-order valence-corrected chi connectivity index (χ2v) is 6.82. The first-order chi connectivity index (χ1) is 10.0. The molecule has 2 unspecified atom stereocenters. The van der Waals surface area contributed by atoms with Gasteiger partial charge in [-0.1, -0.05) is 22.9 Å². The maximum absolute atomic E-state index is 14.3. The molecule has 2 rings (SSSR count). The van der Waals surface area contributed by atoms with Crippen molar-refractivity contribution in [3.63, 3.8) is 0 Å². The van der Waals surface area contributed by atoms with Crippen molar-refractivity contribution < 1.29 is 4.39 Å². The molecule has 2 atom stereocenters. The highest BCUT2D eigenvalue weighted by Crippen LogP contribution is 2.28. The first-order valence-corrected chi connectivity index (χ1v) is 8.39. The highest BCUT2D eigenvalue weighted by Gasteiger charge is 2.32. The maximum atomic E-state index is 14.3. The Hall–Kier alpha value is -0.490. The van der Waals surface area contributed by atoms with Gasteiger partial charge in [0.25, 0.3) is 0 Å². The SMILES string of the molecule is CCCNC(c1cc(Br)ccc1F)C1CN(C)CCN1C. The van der Waals surface area contributed by atoms with E-state index in [9.17, 15) is 4.39 Å². The van der Waals surface area contributed by atoms with Crippen molar-refractivity contribution >= 4 is 15.9 Å². The monoisotopic (exact) mass is 357 g/mol. The lowest BCUT2D eigenvalue weighted by molar-refractivity contribution is 0.0866. The van der Waals surface area contributed by atoms with Crippen LogP contribution in [0.1, 0.15) is 24.9 Å². The largest absolute Gasteiger partial charge is 0.309 e. The molecule has 1 aromatic carbocycles. The van der Waals surface area contributed by atoms with E-state index in [2.05, 4.69) is 52.1 Å². The summed E-state index contributed by atoms with van der Waals surface area (Å²) in [7, 11) is 4.27. The van der Waals surface area contributed by atoms with E-state index in [1.807, 2.05) is 6.07 Å². The molecule has 1 N–H and O–H groups in total. The zero-order valence-corrected chi connectivity index (χ0v) is 14.7. The molecule has 21 heavy (non-hydrogen) atoms. The summed E-state index contributed by atoms with van der Waals surface area (Å²) in [4.78, 5) is 4.66. The van der Waals surface area contributed by atoms with Gasteiger partial charge in [-0.15, -0.1) is 0 Å². The highest BCUT2D eigenvalue weighted by atomic mass is 79.9. The van der Waals surface area contributed by atoms with Crippen LogP contribution in [0.25, 0.3) is 0 Å². The Kier molecular flexibility index (Phi) is 6.17. The Labute approximate surface area is 135 Å². The average Bonchev–Trinajstić information content (AvgIpc) is 2.46. The van der Waals surface area contributed by atoms with Gasteiger partial charge in [0, 0.05) is 35.7 Å². The number of halogens is 2. The minimum Gasteiger partial charge on any atom is -0.309 e. The molecule has 0 radical (unpaired) electrons. The van der Waals surface area contributed by atoms with Gasteiger partial charge in [-0.2, -0.15) is 0 Å². The van der Waals surface area contributed by atoms with Gasteiger partial charge >= 0.3 is 0 Å². The molecule has 0 spiro atoms. The van der Waals surface area contributed by atoms with Crippen LogP contribution in [0.2, 0.25) is 0 Å². The normalized spacial score (nSPS) is 22.4. The van der Waals surface area contributed by atoms with Crippen molar-refractivity contribution in [1.29, 1.82) is 0 Å². The van der Waals surface area contributed by atoms with Crippen LogP contribution >= 0.6 is 15.9 Å². The van der Waals surface area contributed by atoms with Gasteiger partial charge in [0.2, 0.25) is 0 Å². The van der Waals surface area contributed by atoms with Gasteiger partial charge in [0.1, 0.15) is 5.82 Å². The van der Waals surface area contributed by atoms with E-state index in [4.69, 9.17) is 0 Å². The van der Waals surface area contributed by atoms with Crippen LogP contribution in [-0.4, -0.2) is 56.1 Å². The van der Waals surface area contributed by atoms with Gasteiger partial charge in [-0.3, -0.25) is 4.90 Å². The van der Waals surface area contributed by atoms with Gasteiger partial charge < -0.3 is 10.2 Å². The number of benzene rings is 1. The molecule has 1 saturated heterocycles. The first-order valence-electron chi connectivity index (χ1n) is 7.60. The number of hydrogen-bond donors (Lipinski definition) is 1. The van der Waals surface area contributed by atoms with Crippen LogP contribution in [0.4, 0.5) is 4.39 Å². The van der Waals surface area contributed by atoms with Crippen molar-refractivity contribution in [2.24, 2.45) is 0 Å². The predicted octanol–water partition coefficient (Wildman–Crippen LogP) is 2.87. The molecule has 3 nitrogen and oxygen atoms in total. The molecule has 1 heterocycles. The van der Waals surface area contributed by atoms with Crippen molar-refractivity contribution in [2.75, 3.05) is 40.3 Å². The third kappa shape index (κ3) is 4.25. The lowest BCUT2D eigenvalue weighted by atomic mass is 9.95. The molecule has 0 amide bonds. The fourth-order valence-electron chi connectivity index (χ4n) is 2.91. The lowest BCUT2D eigenvalue weighted by Crippen LogP contribution is -2.55. The second-order valence-electron chi connectivity index (χ2n) is 5.91. The lowest BCUT2D eigenvalue weighted by Gasteiger charge is -2.42. The van der Waals surface area contributed by atoms with E-state index in [0.29, 0.717) is 0 Å². The van der Waals surface area contributed by atoms with Crippen molar-refractivity contribution in [3.05, 3.63) is 34.1 Å². The molecule has 1 fully saturated rings. The topological polar surface area (TPSA) is 18.5 Å².